The molecule has 1 aromatic rings. The van der Waals surface area contributed by atoms with E-state index in [1.54, 1.807) is 0 Å². The summed E-state index contributed by atoms with van der Waals surface area (Å²) in [5.41, 5.74) is 5.58. The molecule has 25 heavy (non-hydrogen) atoms. The molecule has 1 fully saturated rings. The first-order valence-electron chi connectivity index (χ1n) is 7.54. The quantitative estimate of drug-likeness (QED) is 0.754. The molecule has 0 spiro atoms. The molecule has 0 saturated carbocycles. The molecule has 0 radical (unpaired) electrons. The fourth-order valence-corrected chi connectivity index (χ4v) is 4.82. The molecule has 0 bridgehead atoms. The average molecular weight is 416 g/mol. The summed E-state index contributed by atoms with van der Waals surface area (Å²) in [5, 5.41) is 0. The Labute approximate surface area is 154 Å². The van der Waals surface area contributed by atoms with Gasteiger partial charge >= 0.3 is 0 Å². The average Bonchev–Trinajstić information content (AvgIpc) is 2.48. The van der Waals surface area contributed by atoms with Crippen molar-refractivity contribution in [1.82, 2.24) is 4.31 Å². The number of anilines is 1. The highest BCUT2D eigenvalue weighted by molar-refractivity contribution is 7.92. The maximum absolute atomic E-state index is 14.1. The van der Waals surface area contributed by atoms with Crippen LogP contribution in [0.5, 0.6) is 0 Å². The van der Waals surface area contributed by atoms with Crippen molar-refractivity contribution in [2.45, 2.75) is 30.7 Å². The molecule has 11 heteroatoms. The van der Waals surface area contributed by atoms with Crippen LogP contribution in [0.3, 0.4) is 0 Å². The second kappa shape index (κ2) is 8.17. The number of nitrogens with one attached hydrogen (secondary N) is 1. The van der Waals surface area contributed by atoms with Crippen molar-refractivity contribution in [2.75, 3.05) is 24.1 Å². The Balaban J connectivity index is 0.00000312. The van der Waals surface area contributed by atoms with Crippen molar-refractivity contribution >= 4 is 38.1 Å². The van der Waals surface area contributed by atoms with E-state index in [-0.39, 0.29) is 34.9 Å². The van der Waals surface area contributed by atoms with E-state index in [9.17, 15) is 21.2 Å². The van der Waals surface area contributed by atoms with Crippen LogP contribution in [-0.2, 0) is 20.0 Å². The van der Waals surface area contributed by atoms with Gasteiger partial charge in [0.05, 0.1) is 16.8 Å². The lowest BCUT2D eigenvalue weighted by Gasteiger charge is -2.33. The third-order valence-corrected chi connectivity index (χ3v) is 6.49. The van der Waals surface area contributed by atoms with Crippen molar-refractivity contribution in [1.29, 1.82) is 0 Å². The Morgan fingerprint density at radius 1 is 1.32 bits per heavy atom. The molecule has 2 atom stereocenters. The van der Waals surface area contributed by atoms with Crippen LogP contribution in [-0.4, -0.2) is 46.5 Å². The molecule has 1 heterocycles. The molecule has 0 amide bonds. The first-order valence-corrected chi connectivity index (χ1v) is 10.9. The van der Waals surface area contributed by atoms with E-state index in [2.05, 4.69) is 0 Å². The standard InChI is InChI=1S/C14H22FN3O4S2.ClH/c1-10(16)11-4-3-7-18(9-11)24(21,22)12-5-6-14(13(15)8-12)17-23(2,19)20;/h5-6,8,10-11,17H,3-4,7,9,16H2,1-2H3;1H. The summed E-state index contributed by atoms with van der Waals surface area (Å²) >= 11 is 0. The molecule has 0 aromatic heterocycles. The van der Waals surface area contributed by atoms with Crippen LogP contribution < -0.4 is 10.5 Å². The van der Waals surface area contributed by atoms with Crippen molar-refractivity contribution in [2.24, 2.45) is 11.7 Å². The fraction of sp³-hybridized carbons (Fsp3) is 0.571. The van der Waals surface area contributed by atoms with Gasteiger partial charge < -0.3 is 5.73 Å². The van der Waals surface area contributed by atoms with Gasteiger partial charge in [-0.15, -0.1) is 12.4 Å². The second-order valence-electron chi connectivity index (χ2n) is 6.14. The Kier molecular flexibility index (Phi) is 7.22. The van der Waals surface area contributed by atoms with Gasteiger partial charge in [-0.3, -0.25) is 4.72 Å². The van der Waals surface area contributed by atoms with Crippen LogP contribution in [0.4, 0.5) is 10.1 Å². The highest BCUT2D eigenvalue weighted by atomic mass is 35.5. The second-order valence-corrected chi connectivity index (χ2v) is 9.83. The van der Waals surface area contributed by atoms with E-state index in [0.29, 0.717) is 19.5 Å². The summed E-state index contributed by atoms with van der Waals surface area (Å²) in [6.45, 7) is 2.49. The topological polar surface area (TPSA) is 110 Å². The van der Waals surface area contributed by atoms with Crippen LogP contribution >= 0.6 is 12.4 Å². The van der Waals surface area contributed by atoms with Crippen LogP contribution in [0.1, 0.15) is 19.8 Å². The largest absolute Gasteiger partial charge is 0.328 e. The van der Waals surface area contributed by atoms with Gasteiger partial charge in [0.15, 0.2) is 0 Å². The lowest BCUT2D eigenvalue weighted by atomic mass is 9.93. The van der Waals surface area contributed by atoms with Gasteiger partial charge in [0.1, 0.15) is 5.82 Å². The summed E-state index contributed by atoms with van der Waals surface area (Å²) in [4.78, 5) is -0.204. The molecule has 1 aliphatic rings. The number of sulfonamides is 2. The minimum Gasteiger partial charge on any atom is -0.328 e. The van der Waals surface area contributed by atoms with Gasteiger partial charge in [-0.1, -0.05) is 0 Å². The fourth-order valence-electron chi connectivity index (χ4n) is 2.71. The number of piperidine rings is 1. The monoisotopic (exact) mass is 415 g/mol. The SMILES string of the molecule is CC(N)C1CCCN(S(=O)(=O)c2ccc(NS(C)(=O)=O)c(F)c2)C1.Cl. The van der Waals surface area contributed by atoms with Crippen LogP contribution in [0.25, 0.3) is 0 Å². The highest BCUT2D eigenvalue weighted by Crippen LogP contribution is 2.27. The number of hydrogen-bond acceptors (Lipinski definition) is 5. The molecule has 1 aromatic carbocycles. The Morgan fingerprint density at radius 3 is 2.48 bits per heavy atom. The maximum Gasteiger partial charge on any atom is 0.243 e. The lowest BCUT2D eigenvalue weighted by Crippen LogP contribution is -2.44. The van der Waals surface area contributed by atoms with Gasteiger partial charge in [0.25, 0.3) is 0 Å². The maximum atomic E-state index is 14.1. The first-order chi connectivity index (χ1) is 11.0. The van der Waals surface area contributed by atoms with Gasteiger partial charge in [-0.25, -0.2) is 21.2 Å². The van der Waals surface area contributed by atoms with Crippen molar-refractivity contribution in [3.63, 3.8) is 0 Å². The Hall–Kier alpha value is -0.940. The van der Waals surface area contributed by atoms with Crippen molar-refractivity contribution in [3.8, 4) is 0 Å². The predicted molar refractivity (Wildman–Crippen MR) is 97.2 cm³/mol. The first kappa shape index (κ1) is 22.1. The normalized spacial score (nSPS) is 20.6. The zero-order valence-electron chi connectivity index (χ0n) is 14.0. The van der Waals surface area contributed by atoms with Gasteiger partial charge in [-0.2, -0.15) is 4.31 Å². The number of nitrogens with two attached hydrogens (primary N) is 1. The molecule has 3 N–H and O–H groups in total. The summed E-state index contributed by atoms with van der Waals surface area (Å²) in [6, 6.07) is 3.01. The highest BCUT2D eigenvalue weighted by Gasteiger charge is 2.32. The number of benzene rings is 1. The number of nitrogens with zero attached hydrogens (tertiary/aromatic N) is 1. The molecule has 144 valence electrons. The molecule has 2 rings (SSSR count). The van der Waals surface area contributed by atoms with Crippen LogP contribution in [0, 0.1) is 11.7 Å². The van der Waals surface area contributed by atoms with Gasteiger partial charge in [-0.05, 0) is 43.9 Å². The van der Waals surface area contributed by atoms with E-state index < -0.39 is 25.9 Å². The minimum atomic E-state index is -3.85. The lowest BCUT2D eigenvalue weighted by molar-refractivity contribution is 0.243. The summed E-state index contributed by atoms with van der Waals surface area (Å²) in [6.07, 6.45) is 2.44. The van der Waals surface area contributed by atoms with Crippen molar-refractivity contribution < 1.29 is 21.2 Å². The molecule has 1 saturated heterocycles. The van der Waals surface area contributed by atoms with E-state index in [0.717, 1.165) is 24.8 Å². The van der Waals surface area contributed by atoms with Crippen LogP contribution in [0.2, 0.25) is 0 Å². The zero-order valence-corrected chi connectivity index (χ0v) is 16.4. The number of halogens is 2. The van der Waals surface area contributed by atoms with Crippen LogP contribution in [0.15, 0.2) is 23.1 Å². The van der Waals surface area contributed by atoms with Crippen molar-refractivity contribution in [3.05, 3.63) is 24.0 Å². The minimum absolute atomic E-state index is 0. The van der Waals surface area contributed by atoms with E-state index >= 15 is 0 Å². The Bertz CT molecular complexity index is 815. The predicted octanol–water partition coefficient (Wildman–Crippen LogP) is 1.37. The summed E-state index contributed by atoms with van der Waals surface area (Å²) in [7, 11) is -7.50. The third kappa shape index (κ3) is 5.52. The molecular formula is C14H23ClFN3O4S2. The zero-order chi connectivity index (χ0) is 18.1. The molecule has 2 unspecified atom stereocenters. The third-order valence-electron chi connectivity index (χ3n) is 4.04. The molecule has 7 nitrogen and oxygen atoms in total. The number of rotatable bonds is 5. The van der Waals surface area contributed by atoms with Gasteiger partial charge in [0, 0.05) is 19.1 Å². The Morgan fingerprint density at radius 2 is 1.96 bits per heavy atom. The van der Waals surface area contributed by atoms with E-state index in [1.165, 1.54) is 10.4 Å². The summed E-state index contributed by atoms with van der Waals surface area (Å²) in [5.74, 6) is -0.883. The van der Waals surface area contributed by atoms with E-state index in [4.69, 9.17) is 5.73 Å². The van der Waals surface area contributed by atoms with E-state index in [1.807, 2.05) is 11.6 Å². The summed E-state index contributed by atoms with van der Waals surface area (Å²) < 4.78 is 65.1. The molecular weight excluding hydrogens is 393 g/mol. The molecule has 0 aliphatic carbocycles. The van der Waals surface area contributed by atoms with Gasteiger partial charge in [0.2, 0.25) is 20.0 Å². The molecule has 1 aliphatic heterocycles. The smallest absolute Gasteiger partial charge is 0.243 e. The number of hydrogen-bond donors (Lipinski definition) is 2.